The van der Waals surface area contributed by atoms with E-state index in [1.165, 1.54) is 0 Å². The molecule has 2 aromatic rings. The standard InChI is InChI=1S/C24H31BrN2O2/c1-16(2)14-26-24(29)19(5)27(15-20-6-8-22(25)9-7-20)23(28)13-21-11-17(3)10-18(4)12-21/h6-12,16,19H,13-15H2,1-5H3,(H,26,29)/t19-/m1/s1. The summed E-state index contributed by atoms with van der Waals surface area (Å²) < 4.78 is 0.983. The first kappa shape index (κ1) is 23.1. The maximum atomic E-state index is 13.2. The number of amides is 2. The van der Waals surface area contributed by atoms with Crippen molar-refractivity contribution in [1.82, 2.24) is 10.2 Å². The third-order valence-corrected chi connectivity index (χ3v) is 5.28. The molecule has 29 heavy (non-hydrogen) atoms. The summed E-state index contributed by atoms with van der Waals surface area (Å²) in [5, 5.41) is 2.95. The van der Waals surface area contributed by atoms with Gasteiger partial charge in [0, 0.05) is 17.6 Å². The summed E-state index contributed by atoms with van der Waals surface area (Å²) in [6.45, 7) is 11.0. The molecule has 2 amide bonds. The van der Waals surface area contributed by atoms with Crippen LogP contribution in [0, 0.1) is 19.8 Å². The lowest BCUT2D eigenvalue weighted by Crippen LogP contribution is -2.48. The number of aryl methyl sites for hydroxylation is 2. The average molecular weight is 459 g/mol. The van der Waals surface area contributed by atoms with Crippen LogP contribution in [0.5, 0.6) is 0 Å². The Bertz CT molecular complexity index is 826. The minimum absolute atomic E-state index is 0.0508. The molecule has 156 valence electrons. The van der Waals surface area contributed by atoms with Crippen LogP contribution >= 0.6 is 15.9 Å². The molecule has 0 unspecified atom stereocenters. The average Bonchev–Trinajstić information content (AvgIpc) is 2.64. The Morgan fingerprint density at radius 1 is 0.966 bits per heavy atom. The molecule has 0 aromatic heterocycles. The molecule has 0 fully saturated rings. The molecule has 0 aliphatic heterocycles. The third kappa shape index (κ3) is 7.32. The molecule has 4 nitrogen and oxygen atoms in total. The lowest BCUT2D eigenvalue weighted by atomic mass is 10.0. The second-order valence-electron chi connectivity index (χ2n) is 8.14. The van der Waals surface area contributed by atoms with E-state index in [-0.39, 0.29) is 18.2 Å². The van der Waals surface area contributed by atoms with Gasteiger partial charge in [-0.25, -0.2) is 0 Å². The zero-order valence-corrected chi connectivity index (χ0v) is 19.5. The van der Waals surface area contributed by atoms with Crippen LogP contribution in [0.1, 0.15) is 43.0 Å². The van der Waals surface area contributed by atoms with Crippen molar-refractivity contribution in [2.24, 2.45) is 5.92 Å². The zero-order chi connectivity index (χ0) is 21.6. The van der Waals surface area contributed by atoms with E-state index in [0.717, 1.165) is 26.7 Å². The molecule has 0 aliphatic carbocycles. The number of rotatable bonds is 8. The van der Waals surface area contributed by atoms with Gasteiger partial charge in [0.2, 0.25) is 11.8 Å². The fourth-order valence-corrected chi connectivity index (χ4v) is 3.53. The SMILES string of the molecule is Cc1cc(C)cc(CC(=O)N(Cc2ccc(Br)cc2)[C@H](C)C(=O)NCC(C)C)c1. The lowest BCUT2D eigenvalue weighted by Gasteiger charge is -2.29. The summed E-state index contributed by atoms with van der Waals surface area (Å²) in [6.07, 6.45) is 0.279. The van der Waals surface area contributed by atoms with Gasteiger partial charge in [0.25, 0.3) is 0 Å². The highest BCUT2D eigenvalue weighted by Crippen LogP contribution is 2.17. The summed E-state index contributed by atoms with van der Waals surface area (Å²) in [6, 6.07) is 13.5. The number of nitrogens with zero attached hydrogens (tertiary/aromatic N) is 1. The molecule has 0 aliphatic rings. The molecule has 0 heterocycles. The largest absolute Gasteiger partial charge is 0.354 e. The van der Waals surface area contributed by atoms with Gasteiger partial charge in [-0.05, 0) is 49.9 Å². The predicted octanol–water partition coefficient (Wildman–Crippen LogP) is 4.80. The van der Waals surface area contributed by atoms with Crippen molar-refractivity contribution in [3.8, 4) is 0 Å². The molecule has 0 radical (unpaired) electrons. The van der Waals surface area contributed by atoms with Crippen LogP contribution in [-0.2, 0) is 22.6 Å². The Morgan fingerprint density at radius 3 is 2.10 bits per heavy atom. The van der Waals surface area contributed by atoms with E-state index in [0.29, 0.717) is 19.0 Å². The first-order chi connectivity index (χ1) is 13.7. The van der Waals surface area contributed by atoms with E-state index in [1.807, 2.05) is 50.2 Å². The van der Waals surface area contributed by atoms with E-state index in [9.17, 15) is 9.59 Å². The molecule has 2 aromatic carbocycles. The number of carbonyl (C=O) groups excluding carboxylic acids is 2. The van der Waals surface area contributed by atoms with Gasteiger partial charge in [-0.2, -0.15) is 0 Å². The van der Waals surface area contributed by atoms with Crippen LogP contribution in [0.4, 0.5) is 0 Å². The Labute approximate surface area is 182 Å². The minimum atomic E-state index is -0.546. The normalized spacial score (nSPS) is 12.0. The summed E-state index contributed by atoms with van der Waals surface area (Å²) in [5.41, 5.74) is 4.23. The Morgan fingerprint density at radius 2 is 1.55 bits per heavy atom. The fourth-order valence-electron chi connectivity index (χ4n) is 3.27. The predicted molar refractivity (Wildman–Crippen MR) is 122 cm³/mol. The quantitative estimate of drug-likeness (QED) is 0.617. The van der Waals surface area contributed by atoms with Crippen molar-refractivity contribution < 1.29 is 9.59 Å². The van der Waals surface area contributed by atoms with E-state index in [1.54, 1.807) is 11.8 Å². The summed E-state index contributed by atoms with van der Waals surface area (Å²) in [5.74, 6) is 0.187. The lowest BCUT2D eigenvalue weighted by molar-refractivity contribution is -0.140. The molecule has 1 N–H and O–H groups in total. The topological polar surface area (TPSA) is 49.4 Å². The van der Waals surface area contributed by atoms with Crippen molar-refractivity contribution >= 4 is 27.7 Å². The summed E-state index contributed by atoms with van der Waals surface area (Å²) >= 11 is 3.44. The maximum Gasteiger partial charge on any atom is 0.242 e. The zero-order valence-electron chi connectivity index (χ0n) is 18.0. The van der Waals surface area contributed by atoms with Crippen molar-refractivity contribution in [3.63, 3.8) is 0 Å². The number of hydrogen-bond donors (Lipinski definition) is 1. The van der Waals surface area contributed by atoms with Crippen molar-refractivity contribution in [1.29, 1.82) is 0 Å². The van der Waals surface area contributed by atoms with Crippen molar-refractivity contribution in [3.05, 3.63) is 69.2 Å². The van der Waals surface area contributed by atoms with Gasteiger partial charge in [-0.3, -0.25) is 9.59 Å². The molecule has 0 saturated heterocycles. The number of hydrogen-bond acceptors (Lipinski definition) is 2. The van der Waals surface area contributed by atoms with E-state index >= 15 is 0 Å². The highest BCUT2D eigenvalue weighted by atomic mass is 79.9. The molecular weight excluding hydrogens is 428 g/mol. The maximum absolute atomic E-state index is 13.2. The van der Waals surface area contributed by atoms with Gasteiger partial charge in [0.15, 0.2) is 0 Å². The fraction of sp³-hybridized carbons (Fsp3) is 0.417. The van der Waals surface area contributed by atoms with Gasteiger partial charge < -0.3 is 10.2 Å². The molecule has 2 rings (SSSR count). The van der Waals surface area contributed by atoms with Gasteiger partial charge in [-0.15, -0.1) is 0 Å². The van der Waals surface area contributed by atoms with Crippen LogP contribution in [-0.4, -0.2) is 29.3 Å². The van der Waals surface area contributed by atoms with E-state index < -0.39 is 6.04 Å². The number of benzene rings is 2. The van der Waals surface area contributed by atoms with E-state index in [2.05, 4.69) is 41.2 Å². The van der Waals surface area contributed by atoms with Crippen LogP contribution < -0.4 is 5.32 Å². The first-order valence-electron chi connectivity index (χ1n) is 10.0. The number of carbonyl (C=O) groups is 2. The van der Waals surface area contributed by atoms with Crippen LogP contribution in [0.25, 0.3) is 0 Å². The van der Waals surface area contributed by atoms with Gasteiger partial charge in [0.05, 0.1) is 6.42 Å². The molecular formula is C24H31BrN2O2. The highest BCUT2D eigenvalue weighted by molar-refractivity contribution is 9.10. The van der Waals surface area contributed by atoms with Crippen molar-refractivity contribution in [2.75, 3.05) is 6.54 Å². The van der Waals surface area contributed by atoms with Crippen LogP contribution in [0.2, 0.25) is 0 Å². The molecule has 1 atom stereocenters. The summed E-state index contributed by atoms with van der Waals surface area (Å²) in [7, 11) is 0. The van der Waals surface area contributed by atoms with Crippen molar-refractivity contribution in [2.45, 2.75) is 53.6 Å². The molecule has 5 heteroatoms. The third-order valence-electron chi connectivity index (χ3n) is 4.75. The van der Waals surface area contributed by atoms with E-state index in [4.69, 9.17) is 0 Å². The smallest absolute Gasteiger partial charge is 0.242 e. The number of nitrogens with one attached hydrogen (secondary N) is 1. The second-order valence-corrected chi connectivity index (χ2v) is 9.05. The molecule has 0 spiro atoms. The Balaban J connectivity index is 2.23. The van der Waals surface area contributed by atoms with Gasteiger partial charge in [-0.1, -0.05) is 71.2 Å². The molecule has 0 bridgehead atoms. The highest BCUT2D eigenvalue weighted by Gasteiger charge is 2.26. The Kier molecular flexibility index (Phi) is 8.45. The number of halogens is 1. The van der Waals surface area contributed by atoms with Crippen LogP contribution in [0.3, 0.4) is 0 Å². The van der Waals surface area contributed by atoms with Gasteiger partial charge in [0.1, 0.15) is 6.04 Å². The van der Waals surface area contributed by atoms with Gasteiger partial charge >= 0.3 is 0 Å². The first-order valence-corrected chi connectivity index (χ1v) is 10.8. The summed E-state index contributed by atoms with van der Waals surface area (Å²) in [4.78, 5) is 27.6. The van der Waals surface area contributed by atoms with Crippen LogP contribution in [0.15, 0.2) is 46.9 Å². The second kappa shape index (κ2) is 10.6. The monoisotopic (exact) mass is 458 g/mol. The molecule has 0 saturated carbocycles. The minimum Gasteiger partial charge on any atom is -0.354 e. The Hall–Kier alpha value is -2.14.